The molecule has 0 spiro atoms. The molecule has 0 bridgehead atoms. The number of aromatic amines is 1. The lowest BCUT2D eigenvalue weighted by Gasteiger charge is -1.94. The molecule has 0 unspecified atom stereocenters. The van der Waals surface area contributed by atoms with Crippen LogP contribution in [0.3, 0.4) is 0 Å². The van der Waals surface area contributed by atoms with Crippen molar-refractivity contribution in [2.75, 3.05) is 0 Å². The number of H-pyrrole nitrogens is 1. The highest BCUT2D eigenvalue weighted by molar-refractivity contribution is 4.87. The number of imidazole rings is 1. The average molecular weight is 150 g/mol. The first kappa shape index (κ1) is 6.89. The molecule has 0 saturated heterocycles. The van der Waals surface area contributed by atoms with Gasteiger partial charge in [0.25, 0.3) is 0 Å². The highest BCUT2D eigenvalue weighted by atomic mass is 14.9. The maximum atomic E-state index is 4.18. The summed E-state index contributed by atoms with van der Waals surface area (Å²) < 4.78 is 0. The Morgan fingerprint density at radius 3 is 3.09 bits per heavy atom. The molecule has 2 heteroatoms. The third kappa shape index (κ3) is 2.07. The van der Waals surface area contributed by atoms with Crippen LogP contribution in [-0.4, -0.2) is 9.97 Å². The van der Waals surface area contributed by atoms with Crippen molar-refractivity contribution in [2.24, 2.45) is 5.92 Å². The molecule has 1 N–H and O–H groups in total. The molecule has 1 aliphatic rings. The first-order chi connectivity index (χ1) is 5.45. The lowest BCUT2D eigenvalue weighted by atomic mass is 10.2. The van der Waals surface area contributed by atoms with E-state index in [4.69, 9.17) is 0 Å². The minimum Gasteiger partial charge on any atom is -0.349 e. The third-order valence-corrected chi connectivity index (χ3v) is 2.28. The first-order valence-corrected chi connectivity index (χ1v) is 4.43. The fourth-order valence-corrected chi connectivity index (χ4v) is 1.40. The van der Waals surface area contributed by atoms with Gasteiger partial charge in [-0.2, -0.15) is 0 Å². The maximum absolute atomic E-state index is 4.18. The number of nitrogens with one attached hydrogen (secondary N) is 1. The van der Waals surface area contributed by atoms with Crippen LogP contribution in [-0.2, 0) is 6.42 Å². The van der Waals surface area contributed by atoms with Crippen LogP contribution in [0.25, 0.3) is 0 Å². The van der Waals surface area contributed by atoms with Gasteiger partial charge >= 0.3 is 0 Å². The molecule has 0 radical (unpaired) electrons. The van der Waals surface area contributed by atoms with Crippen molar-refractivity contribution in [2.45, 2.75) is 32.1 Å². The Labute approximate surface area is 67.0 Å². The first-order valence-electron chi connectivity index (χ1n) is 4.43. The van der Waals surface area contributed by atoms with Crippen molar-refractivity contribution < 1.29 is 0 Å². The zero-order valence-electron chi connectivity index (χ0n) is 6.71. The van der Waals surface area contributed by atoms with Gasteiger partial charge in [-0.25, -0.2) is 4.98 Å². The summed E-state index contributed by atoms with van der Waals surface area (Å²) in [6.07, 6.45) is 10.5. The summed E-state index contributed by atoms with van der Waals surface area (Å²) >= 11 is 0. The maximum Gasteiger partial charge on any atom is 0.105 e. The SMILES string of the molecule is c1c[nH]c(CCCC2CC2)n1. The van der Waals surface area contributed by atoms with E-state index in [1.807, 2.05) is 12.4 Å². The quantitative estimate of drug-likeness (QED) is 0.700. The molecular formula is C9H14N2. The van der Waals surface area contributed by atoms with Gasteiger partial charge in [0, 0.05) is 18.8 Å². The standard InChI is InChI=1S/C9H14N2/c1(2-8-4-5-8)3-9-10-6-7-11-9/h6-8H,1-5H2,(H,10,11). The highest BCUT2D eigenvalue weighted by Crippen LogP contribution is 2.33. The molecule has 1 saturated carbocycles. The van der Waals surface area contributed by atoms with E-state index in [9.17, 15) is 0 Å². The number of aromatic nitrogens is 2. The predicted octanol–water partition coefficient (Wildman–Crippen LogP) is 2.14. The summed E-state index contributed by atoms with van der Waals surface area (Å²) in [5, 5.41) is 0. The summed E-state index contributed by atoms with van der Waals surface area (Å²) in [5.74, 6) is 2.20. The molecule has 1 aromatic heterocycles. The van der Waals surface area contributed by atoms with Crippen LogP contribution in [0, 0.1) is 5.92 Å². The van der Waals surface area contributed by atoms with Gasteiger partial charge in [-0.3, -0.25) is 0 Å². The fraction of sp³-hybridized carbons (Fsp3) is 0.667. The van der Waals surface area contributed by atoms with E-state index in [1.54, 1.807) is 0 Å². The van der Waals surface area contributed by atoms with Crippen LogP contribution in [0.15, 0.2) is 12.4 Å². The lowest BCUT2D eigenvalue weighted by Crippen LogP contribution is -1.88. The lowest BCUT2D eigenvalue weighted by molar-refractivity contribution is 0.653. The predicted molar refractivity (Wildman–Crippen MR) is 44.2 cm³/mol. The smallest absolute Gasteiger partial charge is 0.105 e. The normalized spacial score (nSPS) is 17.1. The van der Waals surface area contributed by atoms with Gasteiger partial charge in [0.1, 0.15) is 5.82 Å². The summed E-state index contributed by atoms with van der Waals surface area (Å²) in [4.78, 5) is 7.30. The Kier molecular flexibility index (Phi) is 1.93. The third-order valence-electron chi connectivity index (χ3n) is 2.28. The second kappa shape index (κ2) is 3.07. The Balaban J connectivity index is 1.66. The highest BCUT2D eigenvalue weighted by Gasteiger charge is 2.20. The van der Waals surface area contributed by atoms with E-state index < -0.39 is 0 Å². The molecule has 1 aromatic rings. The second-order valence-corrected chi connectivity index (χ2v) is 3.37. The summed E-state index contributed by atoms with van der Waals surface area (Å²) in [7, 11) is 0. The molecule has 1 heterocycles. The van der Waals surface area contributed by atoms with Crippen molar-refractivity contribution >= 4 is 0 Å². The molecule has 0 atom stereocenters. The molecule has 60 valence electrons. The van der Waals surface area contributed by atoms with E-state index in [0.717, 1.165) is 18.2 Å². The van der Waals surface area contributed by atoms with Crippen LogP contribution >= 0.6 is 0 Å². The van der Waals surface area contributed by atoms with E-state index in [2.05, 4.69) is 9.97 Å². The molecule has 1 fully saturated rings. The number of hydrogen-bond donors (Lipinski definition) is 1. The molecule has 0 aromatic carbocycles. The topological polar surface area (TPSA) is 28.7 Å². The zero-order valence-corrected chi connectivity index (χ0v) is 6.71. The Morgan fingerprint density at radius 2 is 2.45 bits per heavy atom. The monoisotopic (exact) mass is 150 g/mol. The van der Waals surface area contributed by atoms with Gasteiger partial charge in [0.05, 0.1) is 0 Å². The largest absolute Gasteiger partial charge is 0.349 e. The molecule has 2 rings (SSSR count). The van der Waals surface area contributed by atoms with E-state index in [1.165, 1.54) is 25.7 Å². The van der Waals surface area contributed by atoms with Gasteiger partial charge < -0.3 is 4.98 Å². The van der Waals surface area contributed by atoms with Crippen LogP contribution in [0.4, 0.5) is 0 Å². The van der Waals surface area contributed by atoms with Gasteiger partial charge in [-0.15, -0.1) is 0 Å². The minimum absolute atomic E-state index is 1.06. The molecule has 1 aliphatic carbocycles. The van der Waals surface area contributed by atoms with Crippen molar-refractivity contribution in [3.8, 4) is 0 Å². The Morgan fingerprint density at radius 1 is 1.55 bits per heavy atom. The Hall–Kier alpha value is -0.790. The van der Waals surface area contributed by atoms with Gasteiger partial charge in [-0.05, 0) is 12.3 Å². The number of aryl methyl sites for hydroxylation is 1. The van der Waals surface area contributed by atoms with Crippen LogP contribution < -0.4 is 0 Å². The van der Waals surface area contributed by atoms with Crippen molar-refractivity contribution in [3.05, 3.63) is 18.2 Å². The van der Waals surface area contributed by atoms with E-state index in [-0.39, 0.29) is 0 Å². The Bertz CT molecular complexity index is 199. The fourth-order valence-electron chi connectivity index (χ4n) is 1.40. The zero-order chi connectivity index (χ0) is 7.52. The van der Waals surface area contributed by atoms with Gasteiger partial charge in [0.2, 0.25) is 0 Å². The van der Waals surface area contributed by atoms with Crippen LogP contribution in [0.2, 0.25) is 0 Å². The van der Waals surface area contributed by atoms with Crippen molar-refractivity contribution in [1.82, 2.24) is 9.97 Å². The molecule has 0 aliphatic heterocycles. The summed E-state index contributed by atoms with van der Waals surface area (Å²) in [6, 6.07) is 0. The molecule has 11 heavy (non-hydrogen) atoms. The molecular weight excluding hydrogens is 136 g/mol. The summed E-state index contributed by atoms with van der Waals surface area (Å²) in [5.41, 5.74) is 0. The van der Waals surface area contributed by atoms with Crippen LogP contribution in [0.1, 0.15) is 31.5 Å². The number of hydrogen-bond acceptors (Lipinski definition) is 1. The van der Waals surface area contributed by atoms with E-state index >= 15 is 0 Å². The number of rotatable bonds is 4. The number of nitrogens with zero attached hydrogens (tertiary/aromatic N) is 1. The minimum atomic E-state index is 1.06. The van der Waals surface area contributed by atoms with Gasteiger partial charge in [-0.1, -0.05) is 19.3 Å². The molecule has 2 nitrogen and oxygen atoms in total. The van der Waals surface area contributed by atoms with Gasteiger partial charge in [0.15, 0.2) is 0 Å². The van der Waals surface area contributed by atoms with E-state index in [0.29, 0.717) is 0 Å². The molecule has 0 amide bonds. The second-order valence-electron chi connectivity index (χ2n) is 3.37. The van der Waals surface area contributed by atoms with Crippen molar-refractivity contribution in [3.63, 3.8) is 0 Å². The van der Waals surface area contributed by atoms with Crippen molar-refractivity contribution in [1.29, 1.82) is 0 Å². The average Bonchev–Trinajstić information content (AvgIpc) is 2.66. The summed E-state index contributed by atoms with van der Waals surface area (Å²) in [6.45, 7) is 0. The van der Waals surface area contributed by atoms with Crippen LogP contribution in [0.5, 0.6) is 0 Å².